The number of aliphatic hydroxyl groups excluding tert-OH is 2. The monoisotopic (exact) mass is 409 g/mol. The zero-order valence-electron chi connectivity index (χ0n) is 17.9. The first-order valence-electron chi connectivity index (χ1n) is 10.9. The second kappa shape index (κ2) is 8.16. The number of nitrogens with zero attached hydrogens (tertiary/aromatic N) is 1. The van der Waals surface area contributed by atoms with Gasteiger partial charge in [0.25, 0.3) is 0 Å². The van der Waals surface area contributed by atoms with Gasteiger partial charge in [-0.3, -0.25) is 0 Å². The Kier molecular flexibility index (Phi) is 5.73. The Morgan fingerprint density at radius 1 is 0.800 bits per heavy atom. The van der Waals surface area contributed by atoms with Gasteiger partial charge < -0.3 is 15.1 Å². The van der Waals surface area contributed by atoms with Crippen molar-refractivity contribution in [2.45, 2.75) is 51.5 Å². The molecule has 1 fully saturated rings. The van der Waals surface area contributed by atoms with Gasteiger partial charge in [-0.05, 0) is 42.0 Å². The summed E-state index contributed by atoms with van der Waals surface area (Å²) in [5, 5.41) is 22.2. The summed E-state index contributed by atoms with van der Waals surface area (Å²) < 4.78 is 13.6. The Morgan fingerprint density at radius 3 is 1.80 bits per heavy atom. The van der Waals surface area contributed by atoms with Gasteiger partial charge in [-0.1, -0.05) is 69.4 Å². The first kappa shape index (κ1) is 21.1. The molecule has 0 bridgehead atoms. The van der Waals surface area contributed by atoms with Crippen molar-refractivity contribution in [2.24, 2.45) is 23.2 Å². The third kappa shape index (κ3) is 3.91. The van der Waals surface area contributed by atoms with E-state index in [1.54, 1.807) is 12.1 Å². The van der Waals surface area contributed by atoms with Gasteiger partial charge in [0.15, 0.2) is 0 Å². The van der Waals surface area contributed by atoms with Crippen LogP contribution in [0.5, 0.6) is 0 Å². The highest BCUT2D eigenvalue weighted by atomic mass is 19.1. The van der Waals surface area contributed by atoms with Gasteiger partial charge in [0.2, 0.25) is 0 Å². The van der Waals surface area contributed by atoms with Crippen molar-refractivity contribution in [2.75, 3.05) is 4.90 Å². The topological polar surface area (TPSA) is 43.7 Å². The molecule has 0 amide bonds. The molecule has 1 saturated heterocycles. The molecule has 160 valence electrons. The highest BCUT2D eigenvalue weighted by molar-refractivity contribution is 5.53. The van der Waals surface area contributed by atoms with E-state index in [0.717, 1.165) is 12.1 Å². The number of aliphatic hydroxyl groups is 2. The minimum absolute atomic E-state index is 0.0164. The molecular weight excluding hydrogens is 377 g/mol. The summed E-state index contributed by atoms with van der Waals surface area (Å²) in [5.41, 5.74) is 0.942. The van der Waals surface area contributed by atoms with E-state index in [1.807, 2.05) is 0 Å². The van der Waals surface area contributed by atoms with E-state index in [-0.39, 0.29) is 35.2 Å². The van der Waals surface area contributed by atoms with E-state index in [4.69, 9.17) is 0 Å². The molecule has 1 aromatic carbocycles. The molecule has 1 aromatic rings. The Morgan fingerprint density at radius 2 is 1.30 bits per heavy atom. The highest BCUT2D eigenvalue weighted by Gasteiger charge is 2.51. The van der Waals surface area contributed by atoms with Crippen LogP contribution in [0, 0.1) is 29.0 Å². The lowest BCUT2D eigenvalue weighted by atomic mass is 9.76. The van der Waals surface area contributed by atoms with E-state index in [9.17, 15) is 14.6 Å². The van der Waals surface area contributed by atoms with Crippen molar-refractivity contribution in [1.29, 1.82) is 0 Å². The van der Waals surface area contributed by atoms with Crippen molar-refractivity contribution in [3.05, 3.63) is 78.7 Å². The molecule has 0 spiro atoms. The minimum atomic E-state index is -0.908. The van der Waals surface area contributed by atoms with Gasteiger partial charge >= 0.3 is 0 Å². The quantitative estimate of drug-likeness (QED) is 0.715. The van der Waals surface area contributed by atoms with Crippen LogP contribution in [0.1, 0.15) is 27.2 Å². The third-order valence-electron chi connectivity index (χ3n) is 6.68. The smallest absolute Gasteiger partial charge is 0.123 e. The summed E-state index contributed by atoms with van der Waals surface area (Å²) in [4.78, 5) is 2.11. The molecular formula is C26H32FNO2. The fraction of sp³-hybridized carbons (Fsp3) is 0.462. The van der Waals surface area contributed by atoms with Crippen molar-refractivity contribution in [3.8, 4) is 0 Å². The number of halogens is 1. The first-order valence-corrected chi connectivity index (χ1v) is 10.9. The van der Waals surface area contributed by atoms with Crippen LogP contribution in [0.3, 0.4) is 0 Å². The van der Waals surface area contributed by atoms with E-state index < -0.39 is 12.2 Å². The molecule has 1 heterocycles. The van der Waals surface area contributed by atoms with Gasteiger partial charge in [-0.15, -0.1) is 0 Å². The van der Waals surface area contributed by atoms with Crippen LogP contribution in [0.15, 0.2) is 72.9 Å². The predicted molar refractivity (Wildman–Crippen MR) is 120 cm³/mol. The Bertz CT molecular complexity index is 838. The van der Waals surface area contributed by atoms with Crippen LogP contribution in [0.2, 0.25) is 0 Å². The third-order valence-corrected chi connectivity index (χ3v) is 6.68. The van der Waals surface area contributed by atoms with E-state index in [2.05, 4.69) is 74.3 Å². The number of hydrogen-bond donors (Lipinski definition) is 2. The molecule has 4 rings (SSSR count). The highest BCUT2D eigenvalue weighted by Crippen LogP contribution is 2.42. The Hall–Kier alpha value is -2.17. The molecule has 4 heteroatoms. The normalized spacial score (nSPS) is 34.1. The molecule has 2 aliphatic carbocycles. The Labute approximate surface area is 178 Å². The van der Waals surface area contributed by atoms with Crippen LogP contribution in [-0.4, -0.2) is 34.5 Å². The molecule has 4 atom stereocenters. The molecule has 0 unspecified atom stereocenters. The SMILES string of the molecule is CC(C)(C)C1C=CC([C@H]2[C@@H](O)[C@H](O)[C@H](C3C=CCC=C3)N2c2ccc(F)cc2)C=C1. The second-order valence-electron chi connectivity index (χ2n) is 9.75. The second-order valence-corrected chi connectivity index (χ2v) is 9.75. The van der Waals surface area contributed by atoms with Crippen LogP contribution in [-0.2, 0) is 0 Å². The summed E-state index contributed by atoms with van der Waals surface area (Å²) in [6.45, 7) is 6.64. The van der Waals surface area contributed by atoms with Crippen molar-refractivity contribution >= 4 is 5.69 Å². The largest absolute Gasteiger partial charge is 0.388 e. The van der Waals surface area contributed by atoms with Crippen LogP contribution >= 0.6 is 0 Å². The Balaban J connectivity index is 1.71. The zero-order valence-corrected chi connectivity index (χ0v) is 17.9. The maximum Gasteiger partial charge on any atom is 0.123 e. The molecule has 30 heavy (non-hydrogen) atoms. The molecule has 0 radical (unpaired) electrons. The minimum Gasteiger partial charge on any atom is -0.388 e. The van der Waals surface area contributed by atoms with Gasteiger partial charge in [0, 0.05) is 17.5 Å². The van der Waals surface area contributed by atoms with Gasteiger partial charge in [0.1, 0.15) is 18.0 Å². The van der Waals surface area contributed by atoms with E-state index >= 15 is 0 Å². The van der Waals surface area contributed by atoms with Crippen LogP contribution < -0.4 is 4.90 Å². The standard InChI is InChI=1S/C26H32FNO2/c1-26(2,3)19-11-9-18(10-12-19)23-25(30)24(29)22(17-7-5-4-6-8-17)28(23)21-15-13-20(27)14-16-21/h5-19,22-25,29-30H,4H2,1-3H3/t18?,19?,22-,23-,24+,25+/m0/s1. The zero-order chi connectivity index (χ0) is 21.5. The number of allylic oxidation sites excluding steroid dienone is 4. The average molecular weight is 410 g/mol. The van der Waals surface area contributed by atoms with Crippen molar-refractivity contribution in [3.63, 3.8) is 0 Å². The molecule has 3 aliphatic rings. The number of hydrogen-bond acceptors (Lipinski definition) is 3. The van der Waals surface area contributed by atoms with Gasteiger partial charge in [-0.25, -0.2) is 4.39 Å². The lowest BCUT2D eigenvalue weighted by molar-refractivity contribution is 0.0218. The molecule has 2 N–H and O–H groups in total. The summed E-state index contributed by atoms with van der Waals surface area (Å²) >= 11 is 0. The van der Waals surface area contributed by atoms with Crippen molar-refractivity contribution < 1.29 is 14.6 Å². The predicted octanol–water partition coefficient (Wildman–Crippen LogP) is 4.64. The lowest BCUT2D eigenvalue weighted by Crippen LogP contribution is -2.46. The summed E-state index contributed by atoms with van der Waals surface area (Å²) in [7, 11) is 0. The maximum absolute atomic E-state index is 13.6. The number of anilines is 1. The lowest BCUT2D eigenvalue weighted by Gasteiger charge is -2.39. The van der Waals surface area contributed by atoms with E-state index in [0.29, 0.717) is 5.92 Å². The summed E-state index contributed by atoms with van der Waals surface area (Å²) in [6, 6.07) is 5.72. The van der Waals surface area contributed by atoms with Crippen LogP contribution in [0.25, 0.3) is 0 Å². The maximum atomic E-state index is 13.6. The summed E-state index contributed by atoms with van der Waals surface area (Å²) in [5.74, 6) is -0.0243. The van der Waals surface area contributed by atoms with Crippen LogP contribution in [0.4, 0.5) is 10.1 Å². The molecule has 0 saturated carbocycles. The number of rotatable bonds is 3. The van der Waals surface area contributed by atoms with Crippen molar-refractivity contribution in [1.82, 2.24) is 0 Å². The van der Waals surface area contributed by atoms with Gasteiger partial charge in [-0.2, -0.15) is 0 Å². The average Bonchev–Trinajstić information content (AvgIpc) is 2.99. The summed E-state index contributed by atoms with van der Waals surface area (Å²) in [6.07, 6.45) is 16.2. The van der Waals surface area contributed by atoms with Gasteiger partial charge in [0.05, 0.1) is 12.1 Å². The first-order chi connectivity index (χ1) is 14.3. The fourth-order valence-electron chi connectivity index (χ4n) is 4.99. The fourth-order valence-corrected chi connectivity index (χ4v) is 4.99. The number of benzene rings is 1. The molecule has 0 aromatic heterocycles. The van der Waals surface area contributed by atoms with E-state index in [1.165, 1.54) is 12.1 Å². The molecule has 3 nitrogen and oxygen atoms in total. The molecule has 1 aliphatic heterocycles.